The molecular weight excluding hydrogens is 478 g/mol. The number of nitrogens with one attached hydrogen (secondary N) is 1. The molecule has 1 unspecified atom stereocenters. The third kappa shape index (κ3) is 8.55. The van der Waals surface area contributed by atoms with Crippen molar-refractivity contribution in [3.63, 3.8) is 0 Å². The van der Waals surface area contributed by atoms with Crippen LogP contribution in [0.25, 0.3) is 0 Å². The normalized spacial score (nSPS) is 12.0. The van der Waals surface area contributed by atoms with Gasteiger partial charge in [0.15, 0.2) is 0 Å². The summed E-state index contributed by atoms with van der Waals surface area (Å²) in [5.74, 6) is 0.231. The molecule has 0 fully saturated rings. The largest absolute Gasteiger partial charge is 0.497 e. The van der Waals surface area contributed by atoms with Gasteiger partial charge in [-0.1, -0.05) is 38.1 Å². The summed E-state index contributed by atoms with van der Waals surface area (Å²) in [5.41, 5.74) is 2.53. The molecule has 2 rings (SSSR count). The highest BCUT2D eigenvalue weighted by atomic mass is 32.2. The van der Waals surface area contributed by atoms with Gasteiger partial charge in [-0.25, -0.2) is 8.42 Å². The van der Waals surface area contributed by atoms with Gasteiger partial charge in [0.05, 0.1) is 19.1 Å². The fourth-order valence-electron chi connectivity index (χ4n) is 3.85. The van der Waals surface area contributed by atoms with Gasteiger partial charge in [0.2, 0.25) is 21.8 Å². The number of aryl methyl sites for hydroxylation is 1. The molecule has 9 heteroatoms. The molecule has 1 N–H and O–H groups in total. The Labute approximate surface area is 215 Å². The number of rotatable bonds is 14. The zero-order chi connectivity index (χ0) is 26.7. The highest BCUT2D eigenvalue weighted by Gasteiger charge is 2.26. The number of nitrogens with zero attached hydrogens (tertiary/aromatic N) is 2. The van der Waals surface area contributed by atoms with Crippen LogP contribution in [0.2, 0.25) is 0 Å². The van der Waals surface area contributed by atoms with Gasteiger partial charge >= 0.3 is 0 Å². The molecule has 2 aromatic rings. The molecule has 0 aliphatic heterocycles. The van der Waals surface area contributed by atoms with Crippen molar-refractivity contribution in [2.24, 2.45) is 0 Å². The molecule has 0 aromatic heterocycles. The third-order valence-corrected chi connectivity index (χ3v) is 7.18. The molecule has 36 heavy (non-hydrogen) atoms. The molecule has 2 amide bonds. The number of methoxy groups -OCH3 is 1. The first-order chi connectivity index (χ1) is 17.1. The summed E-state index contributed by atoms with van der Waals surface area (Å²) in [6.45, 7) is 6.65. The van der Waals surface area contributed by atoms with Crippen LogP contribution in [-0.4, -0.2) is 57.6 Å². The van der Waals surface area contributed by atoms with Crippen molar-refractivity contribution in [3.8, 4) is 5.75 Å². The predicted molar refractivity (Wildman–Crippen MR) is 144 cm³/mol. The lowest BCUT2D eigenvalue weighted by molar-refractivity contribution is -0.140. The van der Waals surface area contributed by atoms with Crippen LogP contribution in [0, 0.1) is 0 Å². The van der Waals surface area contributed by atoms with Crippen LogP contribution in [0.4, 0.5) is 5.69 Å². The maximum absolute atomic E-state index is 13.3. The second kappa shape index (κ2) is 13.9. The predicted octanol–water partition coefficient (Wildman–Crippen LogP) is 3.75. The molecule has 0 bridgehead atoms. The summed E-state index contributed by atoms with van der Waals surface area (Å²) in [4.78, 5) is 27.6. The van der Waals surface area contributed by atoms with Crippen molar-refractivity contribution in [1.82, 2.24) is 10.2 Å². The van der Waals surface area contributed by atoms with Gasteiger partial charge < -0.3 is 15.0 Å². The van der Waals surface area contributed by atoms with Crippen molar-refractivity contribution in [2.45, 2.75) is 59.0 Å². The Hall–Kier alpha value is -3.07. The first-order valence-corrected chi connectivity index (χ1v) is 14.2. The standard InChI is InChI=1S/C27H39N3O5S/c1-6-17-28-27(32)21(3)29(20-23-10-8-11-25(19-23)35-4)26(31)12-9-18-30(36(5,33)34)24-15-13-22(7-2)14-16-24/h8,10-11,13-16,19,21H,6-7,9,12,17-18,20H2,1-5H3,(H,28,32). The van der Waals surface area contributed by atoms with Crippen LogP contribution in [0.3, 0.4) is 0 Å². The summed E-state index contributed by atoms with van der Waals surface area (Å²) >= 11 is 0. The number of carbonyl (C=O) groups excluding carboxylic acids is 2. The Kier molecular flexibility index (Phi) is 11.2. The van der Waals surface area contributed by atoms with E-state index in [-0.39, 0.29) is 31.3 Å². The Morgan fingerprint density at radius 2 is 1.75 bits per heavy atom. The van der Waals surface area contributed by atoms with Gasteiger partial charge in [-0.3, -0.25) is 13.9 Å². The van der Waals surface area contributed by atoms with Gasteiger partial charge in [0.25, 0.3) is 0 Å². The van der Waals surface area contributed by atoms with E-state index in [4.69, 9.17) is 4.74 Å². The van der Waals surface area contributed by atoms with Crippen molar-refractivity contribution < 1.29 is 22.7 Å². The SMILES string of the molecule is CCCNC(=O)C(C)N(Cc1cccc(OC)c1)C(=O)CCCN(c1ccc(CC)cc1)S(C)(=O)=O. The van der Waals surface area contributed by atoms with Crippen molar-refractivity contribution in [3.05, 3.63) is 59.7 Å². The molecule has 198 valence electrons. The van der Waals surface area contributed by atoms with E-state index in [1.807, 2.05) is 50.2 Å². The Bertz CT molecular complexity index is 1100. The van der Waals surface area contributed by atoms with E-state index in [0.29, 0.717) is 24.4 Å². The maximum atomic E-state index is 13.3. The van der Waals surface area contributed by atoms with E-state index in [1.54, 1.807) is 31.1 Å². The topological polar surface area (TPSA) is 96.0 Å². The van der Waals surface area contributed by atoms with Gasteiger partial charge in [-0.2, -0.15) is 0 Å². The van der Waals surface area contributed by atoms with Crippen molar-refractivity contribution in [1.29, 1.82) is 0 Å². The van der Waals surface area contributed by atoms with E-state index < -0.39 is 16.1 Å². The van der Waals surface area contributed by atoms with Crippen LogP contribution in [0.1, 0.15) is 51.2 Å². The van der Waals surface area contributed by atoms with Crippen LogP contribution >= 0.6 is 0 Å². The minimum absolute atomic E-state index is 0.106. The van der Waals surface area contributed by atoms with E-state index >= 15 is 0 Å². The first-order valence-electron chi connectivity index (χ1n) is 12.4. The van der Waals surface area contributed by atoms with Crippen LogP contribution in [0.15, 0.2) is 48.5 Å². The molecule has 8 nitrogen and oxygen atoms in total. The molecule has 0 aliphatic carbocycles. The zero-order valence-electron chi connectivity index (χ0n) is 22.0. The smallest absolute Gasteiger partial charge is 0.242 e. The number of ether oxygens (including phenoxy) is 1. The average molecular weight is 518 g/mol. The number of amides is 2. The first kappa shape index (κ1) is 29.2. The number of carbonyl (C=O) groups is 2. The zero-order valence-corrected chi connectivity index (χ0v) is 22.8. The quantitative estimate of drug-likeness (QED) is 0.412. The van der Waals surface area contributed by atoms with E-state index in [9.17, 15) is 18.0 Å². The van der Waals surface area contributed by atoms with Crippen molar-refractivity contribution in [2.75, 3.05) is 30.8 Å². The Morgan fingerprint density at radius 3 is 2.33 bits per heavy atom. The molecule has 0 heterocycles. The highest BCUT2D eigenvalue weighted by molar-refractivity contribution is 7.92. The van der Waals surface area contributed by atoms with E-state index in [2.05, 4.69) is 5.32 Å². The Balaban J connectivity index is 2.16. The van der Waals surface area contributed by atoms with Gasteiger partial charge in [-0.15, -0.1) is 0 Å². The van der Waals surface area contributed by atoms with Crippen LogP contribution < -0.4 is 14.4 Å². The maximum Gasteiger partial charge on any atom is 0.242 e. The average Bonchev–Trinajstić information content (AvgIpc) is 2.87. The summed E-state index contributed by atoms with van der Waals surface area (Å²) < 4.78 is 31.5. The van der Waals surface area contributed by atoms with Crippen molar-refractivity contribution >= 4 is 27.5 Å². The van der Waals surface area contributed by atoms with E-state index in [1.165, 1.54) is 4.31 Å². The molecule has 0 aliphatic rings. The second-order valence-corrected chi connectivity index (χ2v) is 10.7. The lowest BCUT2D eigenvalue weighted by Gasteiger charge is -2.29. The van der Waals surface area contributed by atoms with Gasteiger partial charge in [-0.05, 0) is 61.6 Å². The number of sulfonamides is 1. The van der Waals surface area contributed by atoms with Crippen LogP contribution in [0.5, 0.6) is 5.75 Å². The Morgan fingerprint density at radius 1 is 1.06 bits per heavy atom. The molecule has 0 radical (unpaired) electrons. The molecular formula is C27H39N3O5S. The number of anilines is 1. The summed E-state index contributed by atoms with van der Waals surface area (Å²) in [6, 6.07) is 14.1. The van der Waals surface area contributed by atoms with E-state index in [0.717, 1.165) is 30.2 Å². The number of hydrogen-bond acceptors (Lipinski definition) is 5. The highest BCUT2D eigenvalue weighted by Crippen LogP contribution is 2.21. The lowest BCUT2D eigenvalue weighted by atomic mass is 10.1. The molecule has 0 spiro atoms. The van der Waals surface area contributed by atoms with Gasteiger partial charge in [0.1, 0.15) is 11.8 Å². The number of benzene rings is 2. The monoisotopic (exact) mass is 517 g/mol. The summed E-state index contributed by atoms with van der Waals surface area (Å²) in [5, 5.41) is 2.86. The molecule has 2 aromatic carbocycles. The van der Waals surface area contributed by atoms with Crippen LogP contribution in [-0.2, 0) is 32.6 Å². The minimum atomic E-state index is -3.52. The molecule has 1 atom stereocenters. The molecule has 0 saturated carbocycles. The number of hydrogen-bond donors (Lipinski definition) is 1. The lowest BCUT2D eigenvalue weighted by Crippen LogP contribution is -2.47. The fraction of sp³-hybridized carbons (Fsp3) is 0.481. The molecule has 0 saturated heterocycles. The summed E-state index contributed by atoms with van der Waals surface area (Å²) in [6.07, 6.45) is 3.25. The van der Waals surface area contributed by atoms with Gasteiger partial charge in [0, 0.05) is 26.1 Å². The summed E-state index contributed by atoms with van der Waals surface area (Å²) in [7, 11) is -1.95. The fourth-order valence-corrected chi connectivity index (χ4v) is 4.81. The third-order valence-electron chi connectivity index (χ3n) is 5.99. The minimum Gasteiger partial charge on any atom is -0.497 e. The second-order valence-electron chi connectivity index (χ2n) is 8.80.